The zero-order valence-corrected chi connectivity index (χ0v) is 11.4. The van der Waals surface area contributed by atoms with Crippen LogP contribution in [-0.2, 0) is 21.6 Å². The first-order chi connectivity index (χ1) is 7.13. The van der Waals surface area contributed by atoms with Crippen molar-refractivity contribution in [2.75, 3.05) is 0 Å². The summed E-state index contributed by atoms with van der Waals surface area (Å²) in [6.07, 6.45) is 0. The van der Waals surface area contributed by atoms with Crippen LogP contribution in [0.5, 0.6) is 0 Å². The molecule has 0 fully saturated rings. The van der Waals surface area contributed by atoms with E-state index in [0.717, 1.165) is 0 Å². The van der Waals surface area contributed by atoms with Crippen molar-refractivity contribution in [1.29, 1.82) is 0 Å². The van der Waals surface area contributed by atoms with Crippen LogP contribution >= 0.6 is 31.2 Å². The first-order valence-electron chi connectivity index (χ1n) is 4.04. The van der Waals surface area contributed by atoms with Gasteiger partial charge in [-0.05, 0) is 5.02 Å². The van der Waals surface area contributed by atoms with E-state index in [1.165, 1.54) is 12.1 Å². The maximum atomic E-state index is 10.3. The summed E-state index contributed by atoms with van der Waals surface area (Å²) in [4.78, 5) is 10.3. The van der Waals surface area contributed by atoms with Gasteiger partial charge in [0, 0.05) is 17.1 Å². The van der Waals surface area contributed by atoms with E-state index in [9.17, 15) is 9.46 Å². The summed E-state index contributed by atoms with van der Waals surface area (Å²) in [5, 5.41) is 0.468. The first kappa shape index (κ1) is 15.9. The Bertz CT molecular complexity index is 409. The summed E-state index contributed by atoms with van der Waals surface area (Å²) >= 11 is 11.0. The first-order valence-corrected chi connectivity index (χ1v) is 5.98. The Hall–Kier alpha value is -0.141. The number of halogens is 2. The standard InChI is InChI=1S/C5H2Cl2O2P.C5H5.Fe/c6-3-1-2-4(5(3)7)10(8)9;1-2-4-5-3-1;/h1-2H;1-5H;/q-1;-5;. The van der Waals surface area contributed by atoms with Gasteiger partial charge in [0.05, 0.1) is 5.30 Å². The van der Waals surface area contributed by atoms with Crippen molar-refractivity contribution in [1.82, 2.24) is 0 Å². The fourth-order valence-electron chi connectivity index (χ4n) is 0.883. The van der Waals surface area contributed by atoms with Gasteiger partial charge in [0.25, 0.3) is 8.03 Å². The Kier molecular flexibility index (Phi) is 7.95. The molecule has 2 rings (SSSR count). The van der Waals surface area contributed by atoms with Crippen LogP contribution in [-0.4, -0.2) is 0 Å². The van der Waals surface area contributed by atoms with Crippen LogP contribution in [0.3, 0.4) is 0 Å². The van der Waals surface area contributed by atoms with Gasteiger partial charge in [-0.2, -0.15) is 17.7 Å². The zero-order valence-electron chi connectivity index (χ0n) is 7.91. The predicted octanol–water partition coefficient (Wildman–Crippen LogP) is 2.84. The van der Waals surface area contributed by atoms with Crippen molar-refractivity contribution in [3.63, 3.8) is 0 Å². The van der Waals surface area contributed by atoms with E-state index in [2.05, 4.69) is 0 Å². The zero-order chi connectivity index (χ0) is 11.3. The van der Waals surface area contributed by atoms with Gasteiger partial charge in [0.2, 0.25) is 0 Å². The molecule has 0 aromatic heterocycles. The molecule has 0 aliphatic carbocycles. The number of hydrogen-bond acceptors (Lipinski definition) is 2. The summed E-state index contributed by atoms with van der Waals surface area (Å²) in [5.74, 6) is 0. The molecular formula is C10H7Cl2FeO2P-6. The van der Waals surface area contributed by atoms with Gasteiger partial charge in [0.1, 0.15) is 0 Å². The predicted molar refractivity (Wildman–Crippen MR) is 61.3 cm³/mol. The second-order valence-corrected chi connectivity index (χ2v) is 4.38. The molecule has 0 aliphatic rings. The van der Waals surface area contributed by atoms with Crippen molar-refractivity contribution in [2.45, 2.75) is 0 Å². The molecule has 0 bridgehead atoms. The van der Waals surface area contributed by atoms with Gasteiger partial charge in [0.15, 0.2) is 0 Å². The fourth-order valence-corrected chi connectivity index (χ4v) is 1.92. The van der Waals surface area contributed by atoms with Gasteiger partial charge in [-0.1, -0.05) is 9.59 Å². The van der Waals surface area contributed by atoms with Crippen LogP contribution in [0.15, 0.2) is 42.5 Å². The van der Waals surface area contributed by atoms with E-state index in [0.29, 0.717) is 0 Å². The molecule has 0 saturated heterocycles. The van der Waals surface area contributed by atoms with Gasteiger partial charge >= 0.3 is 0 Å². The Morgan fingerprint density at radius 2 is 1.62 bits per heavy atom. The second-order valence-electron chi connectivity index (χ2n) is 2.60. The fraction of sp³-hybridized carbons (Fsp3) is 0. The molecular weight excluding hydrogens is 310 g/mol. The third-order valence-corrected chi connectivity index (χ3v) is 3.29. The van der Waals surface area contributed by atoms with Gasteiger partial charge in [-0.3, -0.25) is 0 Å². The molecule has 0 N–H and O–H groups in total. The molecule has 2 aromatic rings. The average Bonchev–Trinajstić information content (AvgIpc) is 2.81. The summed E-state index contributed by atoms with van der Waals surface area (Å²) in [6, 6.07) is 12.8. The summed E-state index contributed by atoms with van der Waals surface area (Å²) in [5.41, 5.74) is 0. The largest absolute Gasteiger partial charge is 0.748 e. The van der Waals surface area contributed by atoms with Crippen LogP contribution in [0.2, 0.25) is 10.0 Å². The minimum Gasteiger partial charge on any atom is -0.748 e. The van der Waals surface area contributed by atoms with Crippen LogP contribution in [0.25, 0.3) is 0 Å². The number of hydrogen-bond donors (Lipinski definition) is 0. The van der Waals surface area contributed by atoms with E-state index in [1.807, 2.05) is 30.3 Å². The van der Waals surface area contributed by atoms with E-state index < -0.39 is 8.03 Å². The molecule has 6 heteroatoms. The Balaban J connectivity index is 0.000000318. The third kappa shape index (κ3) is 4.80. The van der Waals surface area contributed by atoms with E-state index in [4.69, 9.17) is 23.2 Å². The van der Waals surface area contributed by atoms with Gasteiger partial charge in [-0.25, -0.2) is 0 Å². The molecule has 0 amide bonds. The quantitative estimate of drug-likeness (QED) is 0.461. The topological polar surface area (TPSA) is 40.1 Å². The van der Waals surface area contributed by atoms with E-state index in [-0.39, 0.29) is 32.4 Å². The molecule has 2 aromatic carbocycles. The molecule has 2 nitrogen and oxygen atoms in total. The van der Waals surface area contributed by atoms with Crippen molar-refractivity contribution in [3.8, 4) is 0 Å². The van der Waals surface area contributed by atoms with Crippen LogP contribution < -0.4 is 10.2 Å². The Morgan fingerprint density at radius 3 is 1.81 bits per heavy atom. The second kappa shape index (κ2) is 8.02. The maximum absolute atomic E-state index is 10.3. The van der Waals surface area contributed by atoms with Crippen LogP contribution in [0.4, 0.5) is 0 Å². The van der Waals surface area contributed by atoms with Gasteiger partial charge in [-0.15, -0.1) is 17.7 Å². The minimum atomic E-state index is -2.61. The molecule has 0 spiro atoms. The SMILES string of the molecule is O=[P+]([O-])[c-]1ccc(Cl)c1Cl.[Fe].[cH-]1[cH-][cH-][cH-][cH-]1. The molecule has 0 aliphatic heterocycles. The minimum absolute atomic E-state index is 0. The summed E-state index contributed by atoms with van der Waals surface area (Å²) in [7, 11) is -2.61. The third-order valence-electron chi connectivity index (χ3n) is 1.57. The molecule has 0 heterocycles. The summed E-state index contributed by atoms with van der Waals surface area (Å²) < 4.78 is 10.3. The van der Waals surface area contributed by atoms with Crippen molar-refractivity contribution < 1.29 is 26.5 Å². The van der Waals surface area contributed by atoms with Crippen molar-refractivity contribution in [2.24, 2.45) is 0 Å². The van der Waals surface area contributed by atoms with Crippen LogP contribution in [0, 0.1) is 0 Å². The Labute approximate surface area is 115 Å². The van der Waals surface area contributed by atoms with E-state index >= 15 is 0 Å². The molecule has 1 atom stereocenters. The monoisotopic (exact) mass is 316 g/mol. The maximum Gasteiger partial charge on any atom is 0.288 e. The van der Waals surface area contributed by atoms with E-state index in [1.54, 1.807) is 0 Å². The van der Waals surface area contributed by atoms with Gasteiger partial charge < -0.3 is 35.2 Å². The normalized spacial score (nSPS) is 9.81. The average molecular weight is 317 g/mol. The van der Waals surface area contributed by atoms with Crippen LogP contribution in [0.1, 0.15) is 0 Å². The Morgan fingerprint density at radius 1 is 1.19 bits per heavy atom. The molecule has 0 saturated carbocycles. The molecule has 16 heavy (non-hydrogen) atoms. The molecule has 0 radical (unpaired) electrons. The summed E-state index contributed by atoms with van der Waals surface area (Å²) in [6.45, 7) is 0. The smallest absolute Gasteiger partial charge is 0.288 e. The number of rotatable bonds is 1. The van der Waals surface area contributed by atoms with Crippen molar-refractivity contribution >= 4 is 36.5 Å². The van der Waals surface area contributed by atoms with Crippen molar-refractivity contribution in [3.05, 3.63) is 52.5 Å². The molecule has 1 unspecified atom stereocenters. The molecule has 92 valence electrons.